The summed E-state index contributed by atoms with van der Waals surface area (Å²) in [5, 5.41) is 10.2. The summed E-state index contributed by atoms with van der Waals surface area (Å²) in [6.07, 6.45) is 0. The summed E-state index contributed by atoms with van der Waals surface area (Å²) in [6, 6.07) is 5.19. The SMILES string of the molecule is CC(C)(C)c1cc(-c2cc(F)cc(F)c2)cc(S(=O)(=O)O)c1O. The van der Waals surface area contributed by atoms with Crippen LogP contribution in [0.5, 0.6) is 5.75 Å². The average molecular weight is 342 g/mol. The van der Waals surface area contributed by atoms with Crippen molar-refractivity contribution in [1.29, 1.82) is 0 Å². The smallest absolute Gasteiger partial charge is 0.298 e. The number of rotatable bonds is 2. The summed E-state index contributed by atoms with van der Waals surface area (Å²) in [5.74, 6) is -2.22. The second kappa shape index (κ2) is 5.58. The zero-order chi connectivity index (χ0) is 17.6. The molecule has 0 atom stereocenters. The lowest BCUT2D eigenvalue weighted by Crippen LogP contribution is -2.13. The first-order chi connectivity index (χ1) is 10.4. The molecule has 2 rings (SSSR count). The molecule has 0 aliphatic heterocycles. The van der Waals surface area contributed by atoms with Gasteiger partial charge < -0.3 is 5.11 Å². The van der Waals surface area contributed by atoms with E-state index in [9.17, 15) is 26.9 Å². The van der Waals surface area contributed by atoms with Gasteiger partial charge in [-0.05, 0) is 40.8 Å². The van der Waals surface area contributed by atoms with Crippen LogP contribution in [-0.2, 0) is 15.5 Å². The fourth-order valence-electron chi connectivity index (χ4n) is 2.26. The lowest BCUT2D eigenvalue weighted by Gasteiger charge is -2.22. The van der Waals surface area contributed by atoms with Crippen molar-refractivity contribution in [3.8, 4) is 16.9 Å². The Morgan fingerprint density at radius 3 is 1.83 bits per heavy atom. The van der Waals surface area contributed by atoms with Crippen LogP contribution in [0.25, 0.3) is 11.1 Å². The van der Waals surface area contributed by atoms with E-state index in [-0.39, 0.29) is 16.7 Å². The molecule has 0 amide bonds. The van der Waals surface area contributed by atoms with Crippen LogP contribution in [0.1, 0.15) is 26.3 Å². The number of benzene rings is 2. The molecule has 0 bridgehead atoms. The topological polar surface area (TPSA) is 74.6 Å². The van der Waals surface area contributed by atoms with Gasteiger partial charge in [0.15, 0.2) is 0 Å². The van der Waals surface area contributed by atoms with Gasteiger partial charge in [0.1, 0.15) is 22.3 Å². The Kier molecular flexibility index (Phi) is 4.21. The van der Waals surface area contributed by atoms with Gasteiger partial charge in [-0.3, -0.25) is 4.55 Å². The van der Waals surface area contributed by atoms with Crippen LogP contribution in [0.3, 0.4) is 0 Å². The Balaban J connectivity index is 2.85. The lowest BCUT2D eigenvalue weighted by atomic mass is 9.84. The zero-order valence-corrected chi connectivity index (χ0v) is 13.6. The lowest BCUT2D eigenvalue weighted by molar-refractivity contribution is 0.423. The van der Waals surface area contributed by atoms with E-state index in [0.717, 1.165) is 18.2 Å². The van der Waals surface area contributed by atoms with Crippen molar-refractivity contribution in [3.63, 3.8) is 0 Å². The largest absolute Gasteiger partial charge is 0.506 e. The molecule has 0 spiro atoms. The standard InChI is InChI=1S/C16H16F2O4S/c1-16(2,3)13-6-10(7-14(15(13)19)23(20,21)22)9-4-11(17)8-12(18)5-9/h4-8,19H,1-3H3,(H,20,21,22). The minimum Gasteiger partial charge on any atom is -0.506 e. The predicted octanol–water partition coefficient (Wildman–Crippen LogP) is 3.88. The molecule has 0 radical (unpaired) electrons. The van der Waals surface area contributed by atoms with E-state index in [1.165, 1.54) is 6.07 Å². The van der Waals surface area contributed by atoms with Crippen LogP contribution in [0.4, 0.5) is 8.78 Å². The molecule has 0 unspecified atom stereocenters. The van der Waals surface area contributed by atoms with E-state index < -0.39 is 37.8 Å². The van der Waals surface area contributed by atoms with E-state index >= 15 is 0 Å². The molecular weight excluding hydrogens is 326 g/mol. The third-order valence-corrected chi connectivity index (χ3v) is 4.22. The van der Waals surface area contributed by atoms with Gasteiger partial charge in [0, 0.05) is 11.6 Å². The normalized spacial score (nSPS) is 12.4. The number of halogens is 2. The quantitative estimate of drug-likeness (QED) is 0.812. The number of hydrogen-bond acceptors (Lipinski definition) is 3. The van der Waals surface area contributed by atoms with Crippen molar-refractivity contribution in [2.75, 3.05) is 0 Å². The van der Waals surface area contributed by atoms with Gasteiger partial charge in [-0.25, -0.2) is 8.78 Å². The molecule has 2 aromatic rings. The molecule has 0 aliphatic carbocycles. The third-order valence-electron chi connectivity index (χ3n) is 3.36. The molecular formula is C16H16F2O4S. The van der Waals surface area contributed by atoms with E-state index in [0.29, 0.717) is 6.07 Å². The first kappa shape index (κ1) is 17.4. The zero-order valence-electron chi connectivity index (χ0n) is 12.8. The molecule has 124 valence electrons. The molecule has 23 heavy (non-hydrogen) atoms. The number of phenolic OH excluding ortho intramolecular Hbond substituents is 1. The fraction of sp³-hybridized carbons (Fsp3) is 0.250. The minimum absolute atomic E-state index is 0.0953. The third kappa shape index (κ3) is 3.68. The summed E-state index contributed by atoms with van der Waals surface area (Å²) in [4.78, 5) is -0.704. The first-order valence-electron chi connectivity index (χ1n) is 6.71. The van der Waals surface area contributed by atoms with Crippen molar-refractivity contribution in [2.45, 2.75) is 31.1 Å². The molecule has 0 saturated heterocycles. The van der Waals surface area contributed by atoms with Crippen LogP contribution in [0.2, 0.25) is 0 Å². The first-order valence-corrected chi connectivity index (χ1v) is 8.15. The van der Waals surface area contributed by atoms with Gasteiger partial charge in [0.2, 0.25) is 0 Å². The highest BCUT2D eigenvalue weighted by Crippen LogP contribution is 2.39. The molecule has 7 heteroatoms. The van der Waals surface area contributed by atoms with Gasteiger partial charge in [-0.1, -0.05) is 20.8 Å². The van der Waals surface area contributed by atoms with Crippen molar-refractivity contribution in [1.82, 2.24) is 0 Å². The Labute approximate surface area is 133 Å². The summed E-state index contributed by atoms with van der Waals surface area (Å²) < 4.78 is 59.1. The fourth-order valence-corrected chi connectivity index (χ4v) is 2.89. The summed E-state index contributed by atoms with van der Waals surface area (Å²) in [7, 11) is -4.70. The van der Waals surface area contributed by atoms with Gasteiger partial charge in [-0.2, -0.15) is 8.42 Å². The van der Waals surface area contributed by atoms with Crippen molar-refractivity contribution >= 4 is 10.1 Å². The maximum atomic E-state index is 13.4. The Hall–Kier alpha value is -1.99. The molecule has 4 nitrogen and oxygen atoms in total. The highest BCUT2D eigenvalue weighted by atomic mass is 32.2. The van der Waals surface area contributed by atoms with Crippen molar-refractivity contribution in [3.05, 3.63) is 47.5 Å². The molecule has 0 aliphatic rings. The van der Waals surface area contributed by atoms with Gasteiger partial charge >= 0.3 is 0 Å². The van der Waals surface area contributed by atoms with Gasteiger partial charge in [0.25, 0.3) is 10.1 Å². The highest BCUT2D eigenvalue weighted by molar-refractivity contribution is 7.86. The Bertz CT molecular complexity index is 848. The maximum absolute atomic E-state index is 13.4. The Morgan fingerprint density at radius 2 is 1.39 bits per heavy atom. The number of phenols is 1. The maximum Gasteiger partial charge on any atom is 0.298 e. The van der Waals surface area contributed by atoms with Crippen LogP contribution < -0.4 is 0 Å². The summed E-state index contributed by atoms with van der Waals surface area (Å²) in [6.45, 7) is 5.18. The number of hydrogen-bond donors (Lipinski definition) is 2. The van der Waals surface area contributed by atoms with Crippen LogP contribution in [0, 0.1) is 11.6 Å². The molecule has 2 N–H and O–H groups in total. The molecule has 0 saturated carbocycles. The van der Waals surface area contributed by atoms with Gasteiger partial charge in [0.05, 0.1) is 0 Å². The molecule has 0 aromatic heterocycles. The average Bonchev–Trinajstić information content (AvgIpc) is 2.34. The highest BCUT2D eigenvalue weighted by Gasteiger charge is 2.26. The van der Waals surface area contributed by atoms with Crippen molar-refractivity contribution < 1.29 is 26.9 Å². The second-order valence-corrected chi connectivity index (χ2v) is 7.64. The minimum atomic E-state index is -4.70. The second-order valence-electron chi connectivity index (χ2n) is 6.25. The predicted molar refractivity (Wildman–Crippen MR) is 82.0 cm³/mol. The van der Waals surface area contributed by atoms with Crippen LogP contribution >= 0.6 is 0 Å². The van der Waals surface area contributed by atoms with Crippen LogP contribution in [0.15, 0.2) is 35.2 Å². The van der Waals surface area contributed by atoms with E-state index in [1.54, 1.807) is 20.8 Å². The molecule has 2 aromatic carbocycles. The van der Waals surface area contributed by atoms with Crippen LogP contribution in [-0.4, -0.2) is 18.1 Å². The summed E-state index contributed by atoms with van der Waals surface area (Å²) >= 11 is 0. The van der Waals surface area contributed by atoms with E-state index in [2.05, 4.69) is 0 Å². The molecule has 0 fully saturated rings. The van der Waals surface area contributed by atoms with E-state index in [4.69, 9.17) is 0 Å². The number of aromatic hydroxyl groups is 1. The van der Waals surface area contributed by atoms with E-state index in [1.807, 2.05) is 0 Å². The Morgan fingerprint density at radius 1 is 0.913 bits per heavy atom. The summed E-state index contributed by atoms with van der Waals surface area (Å²) in [5.41, 5.74) is -0.172. The molecule has 0 heterocycles. The van der Waals surface area contributed by atoms with Gasteiger partial charge in [-0.15, -0.1) is 0 Å². The monoisotopic (exact) mass is 342 g/mol. The van der Waals surface area contributed by atoms with Crippen molar-refractivity contribution in [2.24, 2.45) is 0 Å².